The summed E-state index contributed by atoms with van der Waals surface area (Å²) >= 11 is 1.28. The lowest BCUT2D eigenvalue weighted by molar-refractivity contribution is 0.0913. The number of aliphatic hydroxyl groups is 1. The minimum atomic E-state index is -0.932. The number of amides is 1. The molecule has 1 atom stereocenters. The van der Waals surface area contributed by atoms with Gasteiger partial charge in [-0.2, -0.15) is 0 Å². The Morgan fingerprint density at radius 3 is 2.65 bits per heavy atom. The first-order chi connectivity index (χ1) is 12.5. The van der Waals surface area contributed by atoms with Crippen molar-refractivity contribution >= 4 is 17.2 Å². The summed E-state index contributed by atoms with van der Waals surface area (Å²) in [6, 6.07) is 3.79. The lowest BCUT2D eigenvalue weighted by Gasteiger charge is -2.12. The Hall–Kier alpha value is -2.78. The van der Waals surface area contributed by atoms with Crippen LogP contribution in [0.3, 0.4) is 0 Å². The van der Waals surface area contributed by atoms with Crippen LogP contribution >= 0.6 is 11.3 Å². The van der Waals surface area contributed by atoms with E-state index in [1.54, 1.807) is 12.4 Å². The summed E-state index contributed by atoms with van der Waals surface area (Å²) in [5.74, 6) is -1.84. The molecule has 2 N–H and O–H groups in total. The second-order valence-electron chi connectivity index (χ2n) is 5.45. The van der Waals surface area contributed by atoms with Gasteiger partial charge < -0.3 is 10.4 Å². The van der Waals surface area contributed by atoms with E-state index in [0.717, 1.165) is 18.5 Å². The van der Waals surface area contributed by atoms with Crippen LogP contribution in [0.2, 0.25) is 0 Å². The van der Waals surface area contributed by atoms with Crippen molar-refractivity contribution in [2.45, 2.75) is 13.0 Å². The largest absolute Gasteiger partial charge is 0.386 e. The first-order valence-corrected chi connectivity index (χ1v) is 8.47. The van der Waals surface area contributed by atoms with Crippen molar-refractivity contribution in [2.24, 2.45) is 0 Å². The van der Waals surface area contributed by atoms with Crippen molar-refractivity contribution in [3.8, 4) is 11.4 Å². The van der Waals surface area contributed by atoms with E-state index in [9.17, 15) is 18.7 Å². The van der Waals surface area contributed by atoms with E-state index in [-0.39, 0.29) is 17.9 Å². The maximum Gasteiger partial charge on any atom is 0.254 e. The fourth-order valence-electron chi connectivity index (χ4n) is 2.31. The normalized spacial score (nSPS) is 12.0. The topological polar surface area (TPSA) is 88.0 Å². The Morgan fingerprint density at radius 1 is 1.27 bits per heavy atom. The molecule has 6 nitrogen and oxygen atoms in total. The first kappa shape index (κ1) is 18.0. The number of hydrogen-bond donors (Lipinski definition) is 2. The van der Waals surface area contributed by atoms with Crippen LogP contribution < -0.4 is 5.32 Å². The number of carbonyl (C=O) groups is 1. The third-order valence-corrected chi connectivity index (χ3v) is 4.66. The molecule has 0 spiro atoms. The van der Waals surface area contributed by atoms with Gasteiger partial charge in [-0.25, -0.2) is 23.7 Å². The number of nitrogens with one attached hydrogen (secondary N) is 1. The molecule has 9 heteroatoms. The average molecular weight is 376 g/mol. The van der Waals surface area contributed by atoms with Gasteiger partial charge in [0.15, 0.2) is 11.6 Å². The Balaban J connectivity index is 1.75. The minimum Gasteiger partial charge on any atom is -0.386 e. The SMILES string of the molecule is Cc1ncsc1C(O)CNC(=O)c1cc(-c2ncc(F)cn2)ccc1F. The van der Waals surface area contributed by atoms with E-state index in [4.69, 9.17) is 0 Å². The summed E-state index contributed by atoms with van der Waals surface area (Å²) in [5, 5.41) is 12.6. The van der Waals surface area contributed by atoms with Crippen molar-refractivity contribution in [1.29, 1.82) is 0 Å². The van der Waals surface area contributed by atoms with E-state index in [1.165, 1.54) is 23.5 Å². The number of aliphatic hydroxyl groups excluding tert-OH is 1. The molecule has 0 saturated heterocycles. The molecule has 0 saturated carbocycles. The van der Waals surface area contributed by atoms with Gasteiger partial charge in [0.05, 0.1) is 34.0 Å². The van der Waals surface area contributed by atoms with E-state index < -0.39 is 23.6 Å². The van der Waals surface area contributed by atoms with E-state index >= 15 is 0 Å². The number of carbonyl (C=O) groups excluding carboxylic acids is 1. The minimum absolute atomic E-state index is 0.0847. The van der Waals surface area contributed by atoms with Gasteiger partial charge in [-0.15, -0.1) is 11.3 Å². The highest BCUT2D eigenvalue weighted by Gasteiger charge is 2.18. The molecule has 0 aliphatic rings. The predicted molar refractivity (Wildman–Crippen MR) is 91.5 cm³/mol. The Bertz CT molecular complexity index is 931. The number of rotatable bonds is 5. The van der Waals surface area contributed by atoms with Crippen LogP contribution in [0.15, 0.2) is 36.1 Å². The number of hydrogen-bond acceptors (Lipinski definition) is 6. The third kappa shape index (κ3) is 3.89. The molecule has 1 amide bonds. The summed E-state index contributed by atoms with van der Waals surface area (Å²) in [6.45, 7) is 1.67. The van der Waals surface area contributed by atoms with Crippen LogP contribution in [0.25, 0.3) is 11.4 Å². The van der Waals surface area contributed by atoms with Crippen LogP contribution in [0.1, 0.15) is 27.0 Å². The van der Waals surface area contributed by atoms with Crippen LogP contribution in [0, 0.1) is 18.6 Å². The third-order valence-electron chi connectivity index (χ3n) is 3.63. The summed E-state index contributed by atoms with van der Waals surface area (Å²) in [4.78, 5) is 24.6. The smallest absolute Gasteiger partial charge is 0.254 e. The van der Waals surface area contributed by atoms with Gasteiger partial charge in [0.1, 0.15) is 11.9 Å². The molecule has 2 aromatic heterocycles. The van der Waals surface area contributed by atoms with Gasteiger partial charge in [-0.05, 0) is 25.1 Å². The van der Waals surface area contributed by atoms with Gasteiger partial charge in [-0.1, -0.05) is 0 Å². The highest BCUT2D eigenvalue weighted by atomic mass is 32.1. The molecule has 0 aliphatic heterocycles. The van der Waals surface area contributed by atoms with E-state index in [1.807, 2.05) is 0 Å². The Labute approximate surface area is 151 Å². The standard InChI is InChI=1S/C17H14F2N4O2S/c1-9-15(26-8-23-9)14(24)7-22-17(25)12-4-10(2-3-13(12)19)16-20-5-11(18)6-21-16/h2-6,8,14,24H,7H2,1H3,(H,22,25). The van der Waals surface area contributed by atoms with E-state index in [2.05, 4.69) is 20.3 Å². The fourth-order valence-corrected chi connectivity index (χ4v) is 3.10. The molecule has 3 aromatic rings. The van der Waals surface area contributed by atoms with Crippen LogP contribution in [-0.2, 0) is 0 Å². The summed E-state index contributed by atoms with van der Waals surface area (Å²) in [6.07, 6.45) is 1.04. The molecule has 0 radical (unpaired) electrons. The van der Waals surface area contributed by atoms with Gasteiger partial charge in [0.25, 0.3) is 5.91 Å². The molecule has 26 heavy (non-hydrogen) atoms. The van der Waals surface area contributed by atoms with E-state index in [0.29, 0.717) is 16.1 Å². The van der Waals surface area contributed by atoms with Crippen molar-refractivity contribution in [1.82, 2.24) is 20.3 Å². The number of aromatic nitrogens is 3. The molecule has 2 heterocycles. The number of halogens is 2. The summed E-state index contributed by atoms with van der Waals surface area (Å²) < 4.78 is 26.9. The molecule has 0 aliphatic carbocycles. The van der Waals surface area contributed by atoms with Gasteiger partial charge in [-0.3, -0.25) is 4.79 Å². The number of nitrogens with zero attached hydrogens (tertiary/aromatic N) is 3. The quantitative estimate of drug-likeness (QED) is 0.715. The number of benzene rings is 1. The lowest BCUT2D eigenvalue weighted by atomic mass is 10.1. The van der Waals surface area contributed by atoms with Crippen molar-refractivity contribution < 1.29 is 18.7 Å². The zero-order valence-electron chi connectivity index (χ0n) is 13.6. The molecule has 3 rings (SSSR count). The maximum absolute atomic E-state index is 14.0. The second kappa shape index (κ2) is 7.63. The van der Waals surface area contributed by atoms with Crippen molar-refractivity contribution in [3.05, 3.63) is 63.9 Å². The van der Waals surface area contributed by atoms with Gasteiger partial charge >= 0.3 is 0 Å². The highest BCUT2D eigenvalue weighted by Crippen LogP contribution is 2.22. The van der Waals surface area contributed by atoms with Gasteiger partial charge in [0, 0.05) is 12.1 Å². The fraction of sp³-hybridized carbons (Fsp3) is 0.176. The molecule has 1 aromatic carbocycles. The van der Waals surface area contributed by atoms with Crippen LogP contribution in [0.5, 0.6) is 0 Å². The maximum atomic E-state index is 14.0. The summed E-state index contributed by atoms with van der Waals surface area (Å²) in [5.41, 5.74) is 2.43. The monoisotopic (exact) mass is 376 g/mol. The zero-order valence-corrected chi connectivity index (χ0v) is 14.4. The predicted octanol–water partition coefficient (Wildman–Crippen LogP) is 2.65. The Morgan fingerprint density at radius 2 is 2.00 bits per heavy atom. The van der Waals surface area contributed by atoms with Crippen LogP contribution in [0.4, 0.5) is 8.78 Å². The summed E-state index contributed by atoms with van der Waals surface area (Å²) in [7, 11) is 0. The molecule has 0 fully saturated rings. The van der Waals surface area contributed by atoms with Crippen molar-refractivity contribution in [3.63, 3.8) is 0 Å². The Kier molecular flexibility index (Phi) is 5.29. The number of thiazole rings is 1. The lowest BCUT2D eigenvalue weighted by Crippen LogP contribution is -2.29. The van der Waals surface area contributed by atoms with Crippen LogP contribution in [-0.4, -0.2) is 32.5 Å². The molecule has 1 unspecified atom stereocenters. The molecule has 134 valence electrons. The number of aryl methyl sites for hydroxylation is 1. The molecular weight excluding hydrogens is 362 g/mol. The molecule has 0 bridgehead atoms. The van der Waals surface area contributed by atoms with Crippen molar-refractivity contribution in [2.75, 3.05) is 6.54 Å². The van der Waals surface area contributed by atoms with Gasteiger partial charge in [0.2, 0.25) is 0 Å². The molecular formula is C17H14F2N4O2S. The zero-order chi connectivity index (χ0) is 18.7. The highest BCUT2D eigenvalue weighted by molar-refractivity contribution is 7.09. The first-order valence-electron chi connectivity index (χ1n) is 7.59. The average Bonchev–Trinajstić information content (AvgIpc) is 3.06. The second-order valence-corrected chi connectivity index (χ2v) is 6.33.